The van der Waals surface area contributed by atoms with Crippen LogP contribution in [0.1, 0.15) is 11.1 Å². The maximum Gasteiger partial charge on any atom is 0.414 e. The summed E-state index contributed by atoms with van der Waals surface area (Å²) in [4.78, 5) is 19.4. The van der Waals surface area contributed by atoms with Crippen molar-refractivity contribution in [2.45, 2.75) is 13.0 Å². The third kappa shape index (κ3) is 6.63. The molecule has 0 atom stereocenters. The summed E-state index contributed by atoms with van der Waals surface area (Å²) in [6.45, 7) is 1.76. The van der Waals surface area contributed by atoms with Crippen LogP contribution < -0.4 is 5.32 Å². The molecule has 164 valence electrons. The molecule has 8 heteroatoms. The first kappa shape index (κ1) is 22.9. The second kappa shape index (κ2) is 11.6. The van der Waals surface area contributed by atoms with Crippen molar-refractivity contribution in [3.63, 3.8) is 0 Å². The summed E-state index contributed by atoms with van der Waals surface area (Å²) in [6, 6.07) is 25.1. The van der Waals surface area contributed by atoms with E-state index in [4.69, 9.17) is 24.9 Å². The third-order valence-electron chi connectivity index (χ3n) is 4.50. The van der Waals surface area contributed by atoms with Gasteiger partial charge in [-0.15, -0.1) is 11.3 Å². The number of hydrogen-bond donors (Lipinski definition) is 3. The summed E-state index contributed by atoms with van der Waals surface area (Å²) >= 11 is 1.73. The number of nitrogens with one attached hydrogen (secondary N) is 1. The Balaban J connectivity index is 0.000000427. The summed E-state index contributed by atoms with van der Waals surface area (Å²) in [7, 11) is 0. The largest absolute Gasteiger partial charge is 0.473 e. The third-order valence-corrected chi connectivity index (χ3v) is 5.37. The number of aliphatic carboxylic acids is 2. The minimum absolute atomic E-state index is 0.812. The highest BCUT2D eigenvalue weighted by atomic mass is 32.1. The number of carboxylic acid groups (broad SMARTS) is 2. The number of carbonyl (C=O) groups is 2. The Hall–Kier alpha value is -3.75. The normalized spacial score (nSPS) is 10.2. The second-order valence-corrected chi connectivity index (χ2v) is 7.73. The zero-order valence-corrected chi connectivity index (χ0v) is 18.0. The minimum atomic E-state index is -1.82. The Kier molecular flexibility index (Phi) is 8.30. The van der Waals surface area contributed by atoms with E-state index < -0.39 is 11.9 Å². The number of nitrogens with zero attached hydrogens (tertiary/aromatic N) is 2. The number of rotatable bonds is 7. The molecular formula is C24H23N3O4S. The molecule has 2 aromatic carbocycles. The smallest absolute Gasteiger partial charge is 0.414 e. The van der Waals surface area contributed by atoms with Crippen LogP contribution in [-0.4, -0.2) is 38.5 Å². The fraction of sp³-hybridized carbons (Fsp3) is 0.125. The predicted molar refractivity (Wildman–Crippen MR) is 124 cm³/mol. The molecule has 0 spiro atoms. The number of para-hydroxylation sites is 1. The Labute approximate surface area is 189 Å². The summed E-state index contributed by atoms with van der Waals surface area (Å²) in [6.07, 6.45) is 3.17. The standard InChI is InChI=1S/C22H21N3S.C2H2O4/c1-3-8-18(9-4-1)13-14-23-16-19-17-25(20-10-5-2-6-11-20)24-22(19)21-12-7-15-26-21;3-1(4)2(5)6/h1-12,15,17,23H,13-14,16H2;(H,3,4)(H,5,6). The summed E-state index contributed by atoms with van der Waals surface area (Å²) < 4.78 is 1.98. The van der Waals surface area contributed by atoms with Gasteiger partial charge >= 0.3 is 11.9 Å². The summed E-state index contributed by atoms with van der Waals surface area (Å²) in [5.41, 5.74) is 4.74. The van der Waals surface area contributed by atoms with Gasteiger partial charge in [-0.05, 0) is 42.1 Å². The monoisotopic (exact) mass is 449 g/mol. The fourth-order valence-electron chi connectivity index (χ4n) is 2.97. The molecule has 0 aliphatic heterocycles. The first-order valence-corrected chi connectivity index (χ1v) is 10.8. The van der Waals surface area contributed by atoms with E-state index in [1.807, 2.05) is 22.9 Å². The van der Waals surface area contributed by atoms with Gasteiger partial charge in [-0.2, -0.15) is 5.10 Å². The lowest BCUT2D eigenvalue weighted by molar-refractivity contribution is -0.159. The van der Waals surface area contributed by atoms with E-state index in [2.05, 4.69) is 71.5 Å². The molecule has 0 aliphatic rings. The lowest BCUT2D eigenvalue weighted by atomic mass is 10.1. The molecule has 0 bridgehead atoms. The zero-order valence-electron chi connectivity index (χ0n) is 17.2. The predicted octanol–water partition coefficient (Wildman–Crippen LogP) is 4.09. The molecule has 4 aromatic rings. The van der Waals surface area contributed by atoms with Crippen molar-refractivity contribution in [1.29, 1.82) is 0 Å². The molecule has 3 N–H and O–H groups in total. The van der Waals surface area contributed by atoms with E-state index in [0.717, 1.165) is 30.9 Å². The number of hydrogen-bond acceptors (Lipinski definition) is 5. The highest BCUT2D eigenvalue weighted by molar-refractivity contribution is 7.13. The van der Waals surface area contributed by atoms with Crippen LogP contribution in [0.15, 0.2) is 84.4 Å². The van der Waals surface area contributed by atoms with E-state index in [-0.39, 0.29) is 0 Å². The van der Waals surface area contributed by atoms with Gasteiger partial charge in [-0.3, -0.25) is 0 Å². The van der Waals surface area contributed by atoms with Gasteiger partial charge in [-0.25, -0.2) is 14.3 Å². The molecule has 0 radical (unpaired) electrons. The molecule has 32 heavy (non-hydrogen) atoms. The summed E-state index contributed by atoms with van der Waals surface area (Å²) in [5, 5.41) is 25.3. The molecule has 2 aromatic heterocycles. The van der Waals surface area contributed by atoms with E-state index in [9.17, 15) is 0 Å². The van der Waals surface area contributed by atoms with Gasteiger partial charge in [-0.1, -0.05) is 54.6 Å². The fourth-order valence-corrected chi connectivity index (χ4v) is 3.72. The van der Waals surface area contributed by atoms with Crippen LogP contribution in [0.3, 0.4) is 0 Å². The average molecular weight is 450 g/mol. The lowest BCUT2D eigenvalue weighted by Gasteiger charge is -2.05. The first-order chi connectivity index (χ1) is 15.5. The zero-order chi connectivity index (χ0) is 22.8. The maximum absolute atomic E-state index is 9.10. The van der Waals surface area contributed by atoms with Gasteiger partial charge in [0.05, 0.1) is 10.6 Å². The molecule has 2 heterocycles. The Morgan fingerprint density at radius 2 is 1.56 bits per heavy atom. The molecule has 7 nitrogen and oxygen atoms in total. The van der Waals surface area contributed by atoms with Crippen LogP contribution in [0, 0.1) is 0 Å². The number of benzene rings is 2. The van der Waals surface area contributed by atoms with Crippen LogP contribution in [-0.2, 0) is 22.6 Å². The van der Waals surface area contributed by atoms with Gasteiger partial charge in [0, 0.05) is 18.3 Å². The van der Waals surface area contributed by atoms with Crippen molar-refractivity contribution < 1.29 is 19.8 Å². The summed E-state index contributed by atoms with van der Waals surface area (Å²) in [5.74, 6) is -3.65. The number of thiophene rings is 1. The average Bonchev–Trinajstić information content (AvgIpc) is 3.48. The van der Waals surface area contributed by atoms with Crippen LogP contribution in [0.25, 0.3) is 16.3 Å². The van der Waals surface area contributed by atoms with E-state index in [0.29, 0.717) is 0 Å². The van der Waals surface area contributed by atoms with Crippen molar-refractivity contribution >= 4 is 23.3 Å². The molecule has 0 unspecified atom stereocenters. The highest BCUT2D eigenvalue weighted by Crippen LogP contribution is 2.27. The highest BCUT2D eigenvalue weighted by Gasteiger charge is 2.12. The Morgan fingerprint density at radius 3 is 2.16 bits per heavy atom. The molecule has 0 saturated heterocycles. The molecule has 0 aliphatic carbocycles. The van der Waals surface area contributed by atoms with E-state index >= 15 is 0 Å². The molecule has 0 fully saturated rings. The van der Waals surface area contributed by atoms with Crippen LogP contribution in [0.5, 0.6) is 0 Å². The van der Waals surface area contributed by atoms with Gasteiger partial charge in [0.1, 0.15) is 5.69 Å². The van der Waals surface area contributed by atoms with Crippen molar-refractivity contribution in [3.05, 3.63) is 95.5 Å². The second-order valence-electron chi connectivity index (χ2n) is 6.78. The van der Waals surface area contributed by atoms with Crippen LogP contribution in [0.4, 0.5) is 0 Å². The van der Waals surface area contributed by atoms with Crippen molar-refractivity contribution in [1.82, 2.24) is 15.1 Å². The first-order valence-electron chi connectivity index (χ1n) is 9.93. The molecular weight excluding hydrogens is 426 g/mol. The number of aromatic nitrogens is 2. The van der Waals surface area contributed by atoms with Gasteiger partial charge in [0.15, 0.2) is 0 Å². The number of carboxylic acids is 2. The van der Waals surface area contributed by atoms with E-state index in [1.165, 1.54) is 16.0 Å². The van der Waals surface area contributed by atoms with Crippen LogP contribution in [0.2, 0.25) is 0 Å². The Bertz CT molecular complexity index is 1110. The Morgan fingerprint density at radius 1 is 0.906 bits per heavy atom. The van der Waals surface area contributed by atoms with Gasteiger partial charge < -0.3 is 15.5 Å². The molecule has 0 saturated carbocycles. The lowest BCUT2D eigenvalue weighted by Crippen LogP contribution is -2.16. The minimum Gasteiger partial charge on any atom is -0.473 e. The SMILES string of the molecule is O=C(O)C(=O)O.c1ccc(CCNCc2cn(-c3ccccc3)nc2-c2cccs2)cc1. The molecule has 0 amide bonds. The van der Waals surface area contributed by atoms with Crippen LogP contribution >= 0.6 is 11.3 Å². The van der Waals surface area contributed by atoms with Gasteiger partial charge in [0.2, 0.25) is 0 Å². The quantitative estimate of drug-likeness (QED) is 0.290. The van der Waals surface area contributed by atoms with Crippen molar-refractivity contribution in [2.24, 2.45) is 0 Å². The maximum atomic E-state index is 9.10. The van der Waals surface area contributed by atoms with Gasteiger partial charge in [0.25, 0.3) is 0 Å². The van der Waals surface area contributed by atoms with E-state index in [1.54, 1.807) is 11.3 Å². The topological polar surface area (TPSA) is 104 Å². The molecule has 4 rings (SSSR count). The van der Waals surface area contributed by atoms with Crippen molar-refractivity contribution in [3.8, 4) is 16.3 Å². The van der Waals surface area contributed by atoms with Crippen molar-refractivity contribution in [2.75, 3.05) is 6.54 Å².